The van der Waals surface area contributed by atoms with Crippen LogP contribution in [-0.4, -0.2) is 4.98 Å². The molecule has 2 aromatic heterocycles. The van der Waals surface area contributed by atoms with Gasteiger partial charge in [0.05, 0.1) is 5.69 Å². The smallest absolute Gasteiger partial charge is 0.212 e. The first-order valence-corrected chi connectivity index (χ1v) is 8.48. The van der Waals surface area contributed by atoms with Crippen LogP contribution in [0.1, 0.15) is 36.4 Å². The number of nitrogens with zero attached hydrogens (tertiary/aromatic N) is 2. The van der Waals surface area contributed by atoms with Crippen LogP contribution in [0, 0.1) is 13.8 Å². The molecular formula is C22H23N2+. The lowest BCUT2D eigenvalue weighted by molar-refractivity contribution is -0.660. The average molecular weight is 315 g/mol. The number of aromatic nitrogens is 2. The van der Waals surface area contributed by atoms with Crippen LogP contribution in [0.3, 0.4) is 0 Å². The van der Waals surface area contributed by atoms with Crippen molar-refractivity contribution in [2.75, 3.05) is 0 Å². The molecule has 0 saturated carbocycles. The molecule has 3 aromatic rings. The van der Waals surface area contributed by atoms with Gasteiger partial charge in [-0.05, 0) is 48.7 Å². The Morgan fingerprint density at radius 2 is 1.71 bits per heavy atom. The van der Waals surface area contributed by atoms with Crippen molar-refractivity contribution in [2.45, 2.75) is 33.1 Å². The summed E-state index contributed by atoms with van der Waals surface area (Å²) in [6.45, 7) is 8.85. The quantitative estimate of drug-likeness (QED) is 0.604. The van der Waals surface area contributed by atoms with Gasteiger partial charge in [-0.2, -0.15) is 0 Å². The molecule has 0 fully saturated rings. The summed E-state index contributed by atoms with van der Waals surface area (Å²) in [6, 6.07) is 15.4. The van der Waals surface area contributed by atoms with Crippen molar-refractivity contribution in [1.82, 2.24) is 4.98 Å². The Hall–Kier alpha value is -2.48. The maximum Gasteiger partial charge on any atom is 0.212 e. The van der Waals surface area contributed by atoms with E-state index in [1.807, 2.05) is 0 Å². The molecule has 0 unspecified atom stereocenters. The van der Waals surface area contributed by atoms with Crippen molar-refractivity contribution in [1.29, 1.82) is 0 Å². The van der Waals surface area contributed by atoms with Crippen LogP contribution in [-0.2, 0) is 12.5 Å². The predicted octanol–water partition coefficient (Wildman–Crippen LogP) is 4.50. The Bertz CT molecular complexity index is 968. The van der Waals surface area contributed by atoms with Gasteiger partial charge in [0.1, 0.15) is 7.05 Å². The fourth-order valence-electron chi connectivity index (χ4n) is 3.90. The zero-order chi connectivity index (χ0) is 17.1. The molecule has 4 rings (SSSR count). The number of pyridine rings is 2. The molecule has 2 heterocycles. The highest BCUT2D eigenvalue weighted by molar-refractivity contribution is 5.83. The van der Waals surface area contributed by atoms with Crippen LogP contribution in [0.25, 0.3) is 22.4 Å². The van der Waals surface area contributed by atoms with Crippen LogP contribution in [0.2, 0.25) is 0 Å². The Morgan fingerprint density at radius 3 is 2.46 bits per heavy atom. The zero-order valence-electron chi connectivity index (χ0n) is 15.0. The van der Waals surface area contributed by atoms with Gasteiger partial charge in [-0.25, -0.2) is 4.57 Å². The minimum atomic E-state index is -0.0428. The van der Waals surface area contributed by atoms with Crippen molar-refractivity contribution in [3.63, 3.8) is 0 Å². The van der Waals surface area contributed by atoms with Crippen LogP contribution >= 0.6 is 0 Å². The molecule has 0 aliphatic heterocycles. The number of fused-ring (bicyclic) bond motifs is 3. The molecule has 2 heteroatoms. The summed E-state index contributed by atoms with van der Waals surface area (Å²) < 4.78 is 2.18. The fourth-order valence-corrected chi connectivity index (χ4v) is 3.90. The van der Waals surface area contributed by atoms with E-state index in [1.165, 1.54) is 39.2 Å². The van der Waals surface area contributed by atoms with E-state index in [9.17, 15) is 0 Å². The number of rotatable bonds is 1. The molecule has 0 saturated heterocycles. The van der Waals surface area contributed by atoms with Crippen molar-refractivity contribution in [3.05, 3.63) is 71.2 Å². The van der Waals surface area contributed by atoms with Gasteiger partial charge >= 0.3 is 0 Å². The molecule has 1 aliphatic rings. The highest BCUT2D eigenvalue weighted by Crippen LogP contribution is 2.49. The summed E-state index contributed by atoms with van der Waals surface area (Å²) in [7, 11) is 2.10. The van der Waals surface area contributed by atoms with E-state index in [1.54, 1.807) is 0 Å². The molecular weight excluding hydrogens is 292 g/mol. The second-order valence-corrected chi connectivity index (χ2v) is 7.38. The summed E-state index contributed by atoms with van der Waals surface area (Å²) in [5.41, 5.74) is 10.1. The summed E-state index contributed by atoms with van der Waals surface area (Å²) in [5, 5.41) is 0. The third kappa shape index (κ3) is 2.02. The summed E-state index contributed by atoms with van der Waals surface area (Å²) >= 11 is 0. The molecule has 0 amide bonds. The van der Waals surface area contributed by atoms with Crippen LogP contribution in [0.4, 0.5) is 0 Å². The zero-order valence-corrected chi connectivity index (χ0v) is 15.0. The average Bonchev–Trinajstić information content (AvgIpc) is 2.75. The highest BCUT2D eigenvalue weighted by atomic mass is 14.9. The lowest BCUT2D eigenvalue weighted by Crippen LogP contribution is -2.30. The molecule has 120 valence electrons. The van der Waals surface area contributed by atoms with Gasteiger partial charge in [-0.15, -0.1) is 0 Å². The van der Waals surface area contributed by atoms with Gasteiger partial charge in [0.15, 0.2) is 6.20 Å². The van der Waals surface area contributed by atoms with Crippen molar-refractivity contribution in [3.8, 4) is 22.4 Å². The fraction of sp³-hybridized carbons (Fsp3) is 0.273. The normalized spacial score (nSPS) is 14.4. The molecule has 0 bridgehead atoms. The Kier molecular flexibility index (Phi) is 3.14. The molecule has 1 aromatic carbocycles. The first-order valence-electron chi connectivity index (χ1n) is 8.48. The summed E-state index contributed by atoms with van der Waals surface area (Å²) in [4.78, 5) is 4.87. The third-order valence-corrected chi connectivity index (χ3v) is 5.29. The topological polar surface area (TPSA) is 16.8 Å². The van der Waals surface area contributed by atoms with Gasteiger partial charge in [0.2, 0.25) is 5.69 Å². The van der Waals surface area contributed by atoms with Crippen molar-refractivity contribution >= 4 is 0 Å². The van der Waals surface area contributed by atoms with E-state index in [2.05, 4.69) is 88.0 Å². The maximum absolute atomic E-state index is 4.87. The third-order valence-electron chi connectivity index (χ3n) is 5.29. The molecule has 0 spiro atoms. The monoisotopic (exact) mass is 315 g/mol. The predicted molar refractivity (Wildman–Crippen MR) is 97.9 cm³/mol. The number of aryl methyl sites for hydroxylation is 3. The molecule has 2 nitrogen and oxygen atoms in total. The van der Waals surface area contributed by atoms with Gasteiger partial charge in [0, 0.05) is 34.4 Å². The first kappa shape index (κ1) is 15.1. The van der Waals surface area contributed by atoms with E-state index in [0.29, 0.717) is 0 Å². The van der Waals surface area contributed by atoms with Crippen molar-refractivity contribution in [2.24, 2.45) is 7.05 Å². The van der Waals surface area contributed by atoms with E-state index in [-0.39, 0.29) is 5.41 Å². The Morgan fingerprint density at radius 1 is 0.917 bits per heavy atom. The van der Waals surface area contributed by atoms with E-state index in [0.717, 1.165) is 5.69 Å². The van der Waals surface area contributed by atoms with E-state index < -0.39 is 0 Å². The largest absolute Gasteiger partial charge is 0.257 e. The number of benzene rings is 1. The minimum absolute atomic E-state index is 0.0428. The van der Waals surface area contributed by atoms with Crippen molar-refractivity contribution < 1.29 is 4.57 Å². The van der Waals surface area contributed by atoms with Gasteiger partial charge < -0.3 is 0 Å². The van der Waals surface area contributed by atoms with Gasteiger partial charge in [-0.3, -0.25) is 4.98 Å². The van der Waals surface area contributed by atoms with Gasteiger partial charge in [0.25, 0.3) is 0 Å². The van der Waals surface area contributed by atoms with E-state index in [4.69, 9.17) is 4.98 Å². The molecule has 0 atom stereocenters. The lowest BCUT2D eigenvalue weighted by Gasteiger charge is -2.21. The molecule has 1 aliphatic carbocycles. The molecule has 0 radical (unpaired) electrons. The molecule has 0 N–H and O–H groups in total. The van der Waals surface area contributed by atoms with E-state index >= 15 is 0 Å². The first-order chi connectivity index (χ1) is 11.4. The van der Waals surface area contributed by atoms with Gasteiger partial charge in [-0.1, -0.05) is 26.0 Å². The SMILES string of the molecule is Cc1ccc2c(n1)C(C)(C)c1cc(C)c(-c3cccc[n+]3C)cc1-2. The summed E-state index contributed by atoms with van der Waals surface area (Å²) in [5.74, 6) is 0. The van der Waals surface area contributed by atoms with Crippen LogP contribution in [0.5, 0.6) is 0 Å². The Balaban J connectivity index is 2.02. The second-order valence-electron chi connectivity index (χ2n) is 7.38. The second kappa shape index (κ2) is 5.01. The minimum Gasteiger partial charge on any atom is -0.257 e. The lowest BCUT2D eigenvalue weighted by atomic mass is 9.83. The van der Waals surface area contributed by atoms with Crippen LogP contribution < -0.4 is 4.57 Å². The van der Waals surface area contributed by atoms with Crippen LogP contribution in [0.15, 0.2) is 48.7 Å². The molecule has 24 heavy (non-hydrogen) atoms. The standard InChI is InChI=1S/C22H23N2/c1-14-12-19-18(13-17(14)20-8-6-7-11-24(20)5)16-10-9-15(2)23-21(16)22(19,3)4/h6-13H,1-5H3/q+1. The summed E-state index contributed by atoms with van der Waals surface area (Å²) in [6.07, 6.45) is 2.10. The highest BCUT2D eigenvalue weighted by Gasteiger charge is 2.37. The Labute approximate surface area is 143 Å². The number of hydrogen-bond donors (Lipinski definition) is 0. The maximum atomic E-state index is 4.87. The number of hydrogen-bond acceptors (Lipinski definition) is 1.